The predicted octanol–water partition coefficient (Wildman–Crippen LogP) is 25.2. The number of carbonyl (C=O) groups excluding carboxylic acids is 3. The van der Waals surface area contributed by atoms with Crippen LogP contribution in [0.3, 0.4) is 0 Å². The minimum atomic E-state index is -0.774. The molecule has 0 aromatic carbocycles. The third-order valence-electron chi connectivity index (χ3n) is 16.2. The van der Waals surface area contributed by atoms with E-state index in [9.17, 15) is 14.4 Å². The third kappa shape index (κ3) is 69.5. The number of hydrogen-bond acceptors (Lipinski definition) is 6. The van der Waals surface area contributed by atoms with Gasteiger partial charge in [0.05, 0.1) is 0 Å². The van der Waals surface area contributed by atoms with Gasteiger partial charge in [0.25, 0.3) is 0 Å². The lowest BCUT2D eigenvalue weighted by Gasteiger charge is -2.18. The Hall–Kier alpha value is -3.15. The molecule has 0 radical (unpaired) electrons. The predicted molar refractivity (Wildman–Crippen MR) is 362 cm³/mol. The Morgan fingerprint density at radius 1 is 0.253 bits per heavy atom. The smallest absolute Gasteiger partial charge is 0.306 e. The average molecular weight is 1160 g/mol. The highest BCUT2D eigenvalue weighted by molar-refractivity contribution is 5.71. The van der Waals surface area contributed by atoms with E-state index in [2.05, 4.69) is 93.7 Å². The van der Waals surface area contributed by atoms with Crippen molar-refractivity contribution in [2.45, 2.75) is 386 Å². The molecule has 6 heteroatoms. The lowest BCUT2D eigenvalue weighted by atomic mass is 10.0. The fourth-order valence-electron chi connectivity index (χ4n) is 10.8. The first kappa shape index (κ1) is 79.8. The number of rotatable bonds is 67. The van der Waals surface area contributed by atoms with Gasteiger partial charge in [-0.1, -0.05) is 344 Å². The molecule has 0 aliphatic carbocycles. The molecule has 0 aromatic heterocycles. The molecular formula is C77H138O6. The molecule has 0 rings (SSSR count). The van der Waals surface area contributed by atoms with Crippen molar-refractivity contribution in [3.63, 3.8) is 0 Å². The maximum Gasteiger partial charge on any atom is 0.306 e. The highest BCUT2D eigenvalue weighted by atomic mass is 16.6. The number of carbonyl (C=O) groups is 3. The van der Waals surface area contributed by atoms with Crippen molar-refractivity contribution in [1.29, 1.82) is 0 Å². The summed E-state index contributed by atoms with van der Waals surface area (Å²) >= 11 is 0. The van der Waals surface area contributed by atoms with Gasteiger partial charge in [0, 0.05) is 19.3 Å². The molecule has 0 fully saturated rings. The summed E-state index contributed by atoms with van der Waals surface area (Å²) in [5, 5.41) is 0. The summed E-state index contributed by atoms with van der Waals surface area (Å²) in [5.74, 6) is -0.848. The van der Waals surface area contributed by atoms with Gasteiger partial charge in [-0.05, 0) is 89.9 Å². The van der Waals surface area contributed by atoms with Crippen LogP contribution < -0.4 is 0 Å². The van der Waals surface area contributed by atoms with Gasteiger partial charge < -0.3 is 14.2 Å². The van der Waals surface area contributed by atoms with Crippen LogP contribution in [0.2, 0.25) is 0 Å². The zero-order valence-electron chi connectivity index (χ0n) is 55.5. The van der Waals surface area contributed by atoms with Gasteiger partial charge in [0.15, 0.2) is 6.10 Å². The molecule has 0 aliphatic heterocycles. The van der Waals surface area contributed by atoms with Gasteiger partial charge in [0.2, 0.25) is 0 Å². The Balaban J connectivity index is 4.21. The van der Waals surface area contributed by atoms with Crippen LogP contribution in [0.15, 0.2) is 72.9 Å². The number of hydrogen-bond donors (Lipinski definition) is 0. The molecule has 0 amide bonds. The number of allylic oxidation sites excluding steroid dienone is 12. The Labute approximate surface area is 516 Å². The number of ether oxygens (including phenoxy) is 3. The van der Waals surface area contributed by atoms with Crippen molar-refractivity contribution in [3.05, 3.63) is 72.9 Å². The van der Waals surface area contributed by atoms with E-state index in [-0.39, 0.29) is 31.1 Å². The first-order chi connectivity index (χ1) is 41.0. The van der Waals surface area contributed by atoms with Crippen LogP contribution in [0.4, 0.5) is 0 Å². The van der Waals surface area contributed by atoms with Crippen LogP contribution in [-0.4, -0.2) is 37.2 Å². The second kappa shape index (κ2) is 71.3. The molecule has 1 atom stereocenters. The molecule has 0 N–H and O–H groups in total. The Bertz CT molecular complexity index is 1520. The molecule has 0 heterocycles. The lowest BCUT2D eigenvalue weighted by molar-refractivity contribution is -0.167. The van der Waals surface area contributed by atoms with E-state index in [1.54, 1.807) is 0 Å². The molecule has 0 bridgehead atoms. The summed E-state index contributed by atoms with van der Waals surface area (Å²) in [7, 11) is 0. The van der Waals surface area contributed by atoms with Gasteiger partial charge in [-0.3, -0.25) is 14.4 Å². The second-order valence-electron chi connectivity index (χ2n) is 24.5. The highest BCUT2D eigenvalue weighted by Gasteiger charge is 2.19. The first-order valence-electron chi connectivity index (χ1n) is 36.4. The van der Waals surface area contributed by atoms with Crippen molar-refractivity contribution < 1.29 is 28.6 Å². The van der Waals surface area contributed by atoms with Crippen LogP contribution in [0.5, 0.6) is 0 Å². The zero-order valence-corrected chi connectivity index (χ0v) is 55.5. The van der Waals surface area contributed by atoms with Crippen LogP contribution in [0.25, 0.3) is 0 Å². The average Bonchev–Trinajstić information content (AvgIpc) is 3.49. The summed E-state index contributed by atoms with van der Waals surface area (Å²) in [6.07, 6.45) is 93.6. The molecule has 0 saturated heterocycles. The van der Waals surface area contributed by atoms with Crippen LogP contribution in [0.1, 0.15) is 380 Å². The van der Waals surface area contributed by atoms with Gasteiger partial charge in [-0.25, -0.2) is 0 Å². The van der Waals surface area contributed by atoms with E-state index in [1.807, 2.05) is 0 Å². The lowest BCUT2D eigenvalue weighted by Crippen LogP contribution is -2.30. The maximum absolute atomic E-state index is 13.0. The summed E-state index contributed by atoms with van der Waals surface area (Å²) in [6.45, 7) is 6.58. The monoisotopic (exact) mass is 1160 g/mol. The summed E-state index contributed by atoms with van der Waals surface area (Å²) in [4.78, 5) is 38.5. The number of esters is 3. The van der Waals surface area contributed by atoms with E-state index in [0.717, 1.165) is 89.9 Å². The Morgan fingerprint density at radius 2 is 0.470 bits per heavy atom. The molecule has 0 aliphatic rings. The van der Waals surface area contributed by atoms with Crippen LogP contribution in [0, 0.1) is 0 Å². The molecule has 0 saturated carbocycles. The van der Waals surface area contributed by atoms with Gasteiger partial charge in [-0.15, -0.1) is 0 Å². The van der Waals surface area contributed by atoms with Gasteiger partial charge in [-0.2, -0.15) is 0 Å². The standard InChI is InChI=1S/C77H138O6/c1-4-7-10-13-16-19-22-25-27-29-31-33-34-35-36-37-38-39-40-41-42-44-45-47-49-52-55-58-61-64-67-70-76(79)82-73-74(72-81-75(78)69-66-63-60-57-54-51-24-21-18-15-12-9-6-3)83-77(80)71-68-65-62-59-56-53-50-48-46-43-32-30-28-26-23-20-17-14-11-8-5-2/h7,10,16,19,25,27,30-33,35-36,74H,4-6,8-9,11-15,17-18,20-24,26,28-29,34,37-73H2,1-3H3/b10-7-,19-16-,27-25-,32-30-,33-31-,36-35-. The number of unbranched alkanes of at least 4 members (excludes halogenated alkanes) is 44. The first-order valence-corrected chi connectivity index (χ1v) is 36.4. The normalized spacial score (nSPS) is 12.5. The summed E-state index contributed by atoms with van der Waals surface area (Å²) in [6, 6.07) is 0. The molecule has 0 aromatic rings. The highest BCUT2D eigenvalue weighted by Crippen LogP contribution is 2.18. The van der Waals surface area contributed by atoms with Crippen molar-refractivity contribution in [2.24, 2.45) is 0 Å². The van der Waals surface area contributed by atoms with E-state index in [1.165, 1.54) is 250 Å². The van der Waals surface area contributed by atoms with Crippen LogP contribution >= 0.6 is 0 Å². The van der Waals surface area contributed by atoms with Crippen molar-refractivity contribution in [1.82, 2.24) is 0 Å². The van der Waals surface area contributed by atoms with Crippen molar-refractivity contribution >= 4 is 17.9 Å². The van der Waals surface area contributed by atoms with Crippen LogP contribution in [-0.2, 0) is 28.6 Å². The van der Waals surface area contributed by atoms with Gasteiger partial charge in [0.1, 0.15) is 13.2 Å². The SMILES string of the molecule is CC/C=C\C/C=C\C/C=C\C/C=C\C/C=C\CCCCCCCCCCCCCCCCCC(=O)OCC(COC(=O)CCCCCCCCCCCCCCC)OC(=O)CCCCCCCCCCC/C=C\CCCCCCCCCC. The topological polar surface area (TPSA) is 78.9 Å². The molecular weight excluding hydrogens is 1020 g/mol. The molecule has 83 heavy (non-hydrogen) atoms. The minimum Gasteiger partial charge on any atom is -0.462 e. The largest absolute Gasteiger partial charge is 0.462 e. The third-order valence-corrected chi connectivity index (χ3v) is 16.2. The minimum absolute atomic E-state index is 0.0701. The maximum atomic E-state index is 13.0. The van der Waals surface area contributed by atoms with Crippen molar-refractivity contribution in [2.75, 3.05) is 13.2 Å². The quantitative estimate of drug-likeness (QED) is 0.0261. The zero-order chi connectivity index (χ0) is 59.9. The fraction of sp³-hybridized carbons (Fsp3) is 0.805. The summed E-state index contributed by atoms with van der Waals surface area (Å²) in [5.41, 5.74) is 0. The van der Waals surface area contributed by atoms with E-state index in [0.29, 0.717) is 19.3 Å². The summed E-state index contributed by atoms with van der Waals surface area (Å²) < 4.78 is 17.0. The van der Waals surface area contributed by atoms with E-state index >= 15 is 0 Å². The molecule has 0 spiro atoms. The second-order valence-corrected chi connectivity index (χ2v) is 24.5. The Morgan fingerprint density at radius 3 is 0.747 bits per heavy atom. The Kier molecular flexibility index (Phi) is 68.6. The van der Waals surface area contributed by atoms with Crippen molar-refractivity contribution in [3.8, 4) is 0 Å². The van der Waals surface area contributed by atoms with E-state index < -0.39 is 6.10 Å². The molecule has 482 valence electrons. The fourth-order valence-corrected chi connectivity index (χ4v) is 10.8. The molecule has 1 unspecified atom stereocenters. The van der Waals surface area contributed by atoms with E-state index in [4.69, 9.17) is 14.2 Å². The molecule has 6 nitrogen and oxygen atoms in total. The van der Waals surface area contributed by atoms with Gasteiger partial charge >= 0.3 is 17.9 Å².